The van der Waals surface area contributed by atoms with Crippen LogP contribution < -0.4 is 0 Å². The molecule has 0 saturated carbocycles. The third-order valence-corrected chi connectivity index (χ3v) is 2.13. The summed E-state index contributed by atoms with van der Waals surface area (Å²) in [5, 5.41) is 0. The molecule has 1 aliphatic rings. The van der Waals surface area contributed by atoms with Gasteiger partial charge in [0.2, 0.25) is 6.23 Å². The standard InChI is InChI=1S/C11H13NO6/c1-4-9(13)17-7(3)12-8(6-16-11(12)15)18-10(14)5-2/h4-5,7-8H,1-2,6H2,3H3. The molecule has 98 valence electrons. The van der Waals surface area contributed by atoms with Gasteiger partial charge in [-0.25, -0.2) is 19.3 Å². The number of hydrogen-bond acceptors (Lipinski definition) is 6. The topological polar surface area (TPSA) is 82.1 Å². The van der Waals surface area contributed by atoms with E-state index in [9.17, 15) is 14.4 Å². The summed E-state index contributed by atoms with van der Waals surface area (Å²) in [5.41, 5.74) is 0. The van der Waals surface area contributed by atoms with Crippen LogP contribution in [0.2, 0.25) is 0 Å². The van der Waals surface area contributed by atoms with Gasteiger partial charge >= 0.3 is 18.0 Å². The number of carbonyl (C=O) groups excluding carboxylic acids is 3. The van der Waals surface area contributed by atoms with Gasteiger partial charge < -0.3 is 14.2 Å². The Labute approximate surface area is 104 Å². The van der Waals surface area contributed by atoms with Crippen LogP contribution in [0.15, 0.2) is 25.3 Å². The van der Waals surface area contributed by atoms with Crippen LogP contribution in [0.5, 0.6) is 0 Å². The fraction of sp³-hybridized carbons (Fsp3) is 0.364. The Morgan fingerprint density at radius 3 is 2.61 bits per heavy atom. The van der Waals surface area contributed by atoms with Gasteiger partial charge in [-0.3, -0.25) is 0 Å². The zero-order chi connectivity index (χ0) is 13.7. The fourth-order valence-corrected chi connectivity index (χ4v) is 1.34. The molecule has 0 radical (unpaired) electrons. The van der Waals surface area contributed by atoms with Crippen LogP contribution in [0.25, 0.3) is 0 Å². The highest BCUT2D eigenvalue weighted by molar-refractivity contribution is 5.82. The first-order chi connectivity index (χ1) is 8.49. The Morgan fingerprint density at radius 1 is 1.44 bits per heavy atom. The number of carbonyl (C=O) groups is 3. The van der Waals surface area contributed by atoms with Gasteiger partial charge in [0.25, 0.3) is 0 Å². The second-order valence-electron chi connectivity index (χ2n) is 3.32. The average Bonchev–Trinajstić information content (AvgIpc) is 2.69. The maximum Gasteiger partial charge on any atom is 0.415 e. The number of rotatable bonds is 5. The minimum Gasteiger partial charge on any atom is -0.443 e. The molecule has 0 spiro atoms. The number of esters is 2. The molecule has 7 heteroatoms. The molecule has 0 aromatic rings. The minimum atomic E-state index is -0.949. The summed E-state index contributed by atoms with van der Waals surface area (Å²) in [6, 6.07) is 0. The predicted molar refractivity (Wildman–Crippen MR) is 59.0 cm³/mol. The summed E-state index contributed by atoms with van der Waals surface area (Å²) >= 11 is 0. The van der Waals surface area contributed by atoms with Crippen molar-refractivity contribution in [3.63, 3.8) is 0 Å². The molecule has 18 heavy (non-hydrogen) atoms. The van der Waals surface area contributed by atoms with Crippen molar-refractivity contribution in [3.05, 3.63) is 25.3 Å². The Kier molecular flexibility index (Phi) is 4.47. The molecule has 0 aromatic carbocycles. The van der Waals surface area contributed by atoms with Crippen molar-refractivity contribution in [2.45, 2.75) is 19.4 Å². The Morgan fingerprint density at radius 2 is 2.06 bits per heavy atom. The van der Waals surface area contributed by atoms with Crippen LogP contribution in [0.4, 0.5) is 4.79 Å². The van der Waals surface area contributed by atoms with Gasteiger partial charge in [-0.2, -0.15) is 0 Å². The van der Waals surface area contributed by atoms with Crippen LogP contribution in [0.3, 0.4) is 0 Å². The number of ether oxygens (including phenoxy) is 3. The lowest BCUT2D eigenvalue weighted by molar-refractivity contribution is -0.163. The summed E-state index contributed by atoms with van der Waals surface area (Å²) < 4.78 is 14.5. The second kappa shape index (κ2) is 5.85. The van der Waals surface area contributed by atoms with Crippen molar-refractivity contribution in [2.75, 3.05) is 6.61 Å². The molecule has 1 fully saturated rings. The first kappa shape index (κ1) is 13.8. The van der Waals surface area contributed by atoms with E-state index in [1.807, 2.05) is 0 Å². The van der Waals surface area contributed by atoms with E-state index in [1.54, 1.807) is 0 Å². The molecule has 1 heterocycles. The third kappa shape index (κ3) is 3.09. The Hall–Kier alpha value is -2.31. The minimum absolute atomic E-state index is 0.131. The van der Waals surface area contributed by atoms with Gasteiger partial charge in [0.1, 0.15) is 6.61 Å². The van der Waals surface area contributed by atoms with E-state index in [0.29, 0.717) is 0 Å². The summed E-state index contributed by atoms with van der Waals surface area (Å²) in [6.45, 7) is 7.78. The molecule has 1 saturated heterocycles. The van der Waals surface area contributed by atoms with Crippen LogP contribution in [-0.2, 0) is 23.8 Å². The number of cyclic esters (lactones) is 1. The maximum absolute atomic E-state index is 11.4. The van der Waals surface area contributed by atoms with Gasteiger partial charge in [-0.1, -0.05) is 13.2 Å². The highest BCUT2D eigenvalue weighted by atomic mass is 16.6. The van der Waals surface area contributed by atoms with Crippen molar-refractivity contribution in [1.29, 1.82) is 0 Å². The number of hydrogen-bond donors (Lipinski definition) is 0. The van der Waals surface area contributed by atoms with E-state index >= 15 is 0 Å². The lowest BCUT2D eigenvalue weighted by atomic mass is 10.4. The summed E-state index contributed by atoms with van der Waals surface area (Å²) in [6.07, 6.45) is -0.700. The molecular weight excluding hydrogens is 242 g/mol. The second-order valence-corrected chi connectivity index (χ2v) is 3.32. The quantitative estimate of drug-likeness (QED) is 0.406. The summed E-state index contributed by atoms with van der Waals surface area (Å²) in [5.74, 6) is -1.40. The van der Waals surface area contributed by atoms with Crippen LogP contribution in [0.1, 0.15) is 6.92 Å². The normalized spacial score (nSPS) is 19.7. The molecule has 2 unspecified atom stereocenters. The number of amides is 1. The lowest BCUT2D eigenvalue weighted by Crippen LogP contribution is -2.44. The fourth-order valence-electron chi connectivity index (χ4n) is 1.34. The van der Waals surface area contributed by atoms with Crippen LogP contribution in [0, 0.1) is 0 Å². The smallest absolute Gasteiger partial charge is 0.415 e. The van der Waals surface area contributed by atoms with E-state index in [-0.39, 0.29) is 6.61 Å². The molecule has 0 bridgehead atoms. The van der Waals surface area contributed by atoms with Crippen molar-refractivity contribution in [1.82, 2.24) is 4.90 Å². The third-order valence-electron chi connectivity index (χ3n) is 2.13. The van der Waals surface area contributed by atoms with Crippen molar-refractivity contribution in [2.24, 2.45) is 0 Å². The van der Waals surface area contributed by atoms with E-state index in [4.69, 9.17) is 14.2 Å². The monoisotopic (exact) mass is 255 g/mol. The summed E-state index contributed by atoms with van der Waals surface area (Å²) in [4.78, 5) is 34.5. The largest absolute Gasteiger partial charge is 0.443 e. The van der Waals surface area contributed by atoms with E-state index < -0.39 is 30.5 Å². The highest BCUT2D eigenvalue weighted by Gasteiger charge is 2.40. The lowest BCUT2D eigenvalue weighted by Gasteiger charge is -2.26. The molecule has 1 aliphatic heterocycles. The highest BCUT2D eigenvalue weighted by Crippen LogP contribution is 2.18. The maximum atomic E-state index is 11.4. The van der Waals surface area contributed by atoms with E-state index in [2.05, 4.69) is 13.2 Å². The van der Waals surface area contributed by atoms with Gasteiger partial charge in [-0.05, 0) is 6.92 Å². The molecular formula is C11H13NO6. The molecule has 0 N–H and O–H groups in total. The molecule has 0 aromatic heterocycles. The molecule has 7 nitrogen and oxygen atoms in total. The first-order valence-electron chi connectivity index (χ1n) is 5.10. The van der Waals surface area contributed by atoms with Gasteiger partial charge in [0.05, 0.1) is 0 Å². The number of nitrogens with zero attached hydrogens (tertiary/aromatic N) is 1. The molecule has 2 atom stereocenters. The van der Waals surface area contributed by atoms with Gasteiger partial charge in [-0.15, -0.1) is 0 Å². The van der Waals surface area contributed by atoms with Crippen LogP contribution in [-0.4, -0.2) is 42.0 Å². The van der Waals surface area contributed by atoms with Gasteiger partial charge in [0.15, 0.2) is 6.23 Å². The zero-order valence-electron chi connectivity index (χ0n) is 9.83. The average molecular weight is 255 g/mol. The summed E-state index contributed by atoms with van der Waals surface area (Å²) in [7, 11) is 0. The molecule has 0 aliphatic carbocycles. The SMILES string of the molecule is C=CC(=O)OC(C)N1C(=O)OCC1OC(=O)C=C. The van der Waals surface area contributed by atoms with E-state index in [0.717, 1.165) is 17.1 Å². The first-order valence-corrected chi connectivity index (χ1v) is 5.10. The Bertz CT molecular complexity index is 391. The van der Waals surface area contributed by atoms with E-state index in [1.165, 1.54) is 6.92 Å². The van der Waals surface area contributed by atoms with Crippen molar-refractivity contribution >= 4 is 18.0 Å². The Balaban J connectivity index is 2.71. The van der Waals surface area contributed by atoms with Gasteiger partial charge in [0, 0.05) is 12.2 Å². The molecule has 1 amide bonds. The molecule has 1 rings (SSSR count). The van der Waals surface area contributed by atoms with Crippen LogP contribution >= 0.6 is 0 Å². The van der Waals surface area contributed by atoms with Crippen molar-refractivity contribution in [3.8, 4) is 0 Å². The zero-order valence-corrected chi connectivity index (χ0v) is 9.83. The van der Waals surface area contributed by atoms with Crippen molar-refractivity contribution < 1.29 is 28.6 Å². The predicted octanol–water partition coefficient (Wildman–Crippen LogP) is 0.569.